The van der Waals surface area contributed by atoms with Gasteiger partial charge < -0.3 is 25.4 Å². The molecule has 4 rings (SSSR count). The number of nitrogens with one attached hydrogen (secondary N) is 1. The van der Waals surface area contributed by atoms with Crippen LogP contribution >= 0.6 is 11.6 Å². The second-order valence-corrected chi connectivity index (χ2v) is 8.24. The Hall–Kier alpha value is -4.02. The highest BCUT2D eigenvalue weighted by molar-refractivity contribution is 6.32. The number of anilines is 1. The molecule has 0 atom stereocenters. The van der Waals surface area contributed by atoms with Gasteiger partial charge in [-0.3, -0.25) is 9.59 Å². The fourth-order valence-electron chi connectivity index (χ4n) is 3.37. The zero-order valence-corrected chi connectivity index (χ0v) is 20.1. The van der Waals surface area contributed by atoms with Crippen molar-refractivity contribution in [1.82, 2.24) is 25.2 Å². The summed E-state index contributed by atoms with van der Waals surface area (Å²) in [6, 6.07) is 8.73. The maximum absolute atomic E-state index is 12.5. The van der Waals surface area contributed by atoms with Crippen LogP contribution in [-0.2, 0) is 9.53 Å². The highest BCUT2D eigenvalue weighted by atomic mass is 35.5. The van der Waals surface area contributed by atoms with Gasteiger partial charge in [0.15, 0.2) is 0 Å². The molecule has 0 saturated carbocycles. The molecule has 11 heteroatoms. The lowest BCUT2D eigenvalue weighted by Crippen LogP contribution is -2.41. The maximum Gasteiger partial charge on any atom is 0.291 e. The van der Waals surface area contributed by atoms with E-state index in [1.807, 2.05) is 6.07 Å². The van der Waals surface area contributed by atoms with E-state index >= 15 is 0 Å². The van der Waals surface area contributed by atoms with E-state index in [1.54, 1.807) is 53.8 Å². The van der Waals surface area contributed by atoms with Crippen molar-refractivity contribution in [3.8, 4) is 16.9 Å². The van der Waals surface area contributed by atoms with Gasteiger partial charge in [-0.15, -0.1) is 0 Å². The highest BCUT2D eigenvalue weighted by Crippen LogP contribution is 2.30. The molecule has 1 aliphatic rings. The zero-order valence-electron chi connectivity index (χ0n) is 19.4. The Kier molecular flexibility index (Phi) is 8.43. The molecule has 0 radical (unpaired) electrons. The van der Waals surface area contributed by atoms with E-state index in [0.717, 1.165) is 16.7 Å². The summed E-state index contributed by atoms with van der Waals surface area (Å²) in [5, 5.41) is 3.14. The minimum atomic E-state index is -0.257. The maximum atomic E-state index is 12.5. The normalized spacial score (nSPS) is 13.5. The van der Waals surface area contributed by atoms with E-state index < -0.39 is 0 Å². The molecule has 36 heavy (non-hydrogen) atoms. The van der Waals surface area contributed by atoms with Crippen LogP contribution in [0.3, 0.4) is 0 Å². The largest absolute Gasteiger partial charge is 0.490 e. The topological polar surface area (TPSA) is 133 Å². The lowest BCUT2D eigenvalue weighted by molar-refractivity contribution is -0.116. The molecule has 1 aliphatic heterocycles. The van der Waals surface area contributed by atoms with Crippen molar-refractivity contribution >= 4 is 35.3 Å². The molecule has 186 valence electrons. The number of rotatable bonds is 8. The number of amides is 2. The Balaban J connectivity index is 1.26. The number of nitrogens with two attached hydrogens (primary N) is 1. The predicted molar refractivity (Wildman–Crippen MR) is 135 cm³/mol. The van der Waals surface area contributed by atoms with Gasteiger partial charge in [0, 0.05) is 43.3 Å². The third-order valence-corrected chi connectivity index (χ3v) is 5.60. The van der Waals surface area contributed by atoms with E-state index in [0.29, 0.717) is 49.4 Å². The van der Waals surface area contributed by atoms with Crippen LogP contribution in [0, 0.1) is 0 Å². The molecule has 0 bridgehead atoms. The summed E-state index contributed by atoms with van der Waals surface area (Å²) >= 11 is 6.38. The number of nitrogen functional groups attached to an aromatic ring is 1. The molecule has 1 fully saturated rings. The summed E-state index contributed by atoms with van der Waals surface area (Å²) < 4.78 is 11.0. The minimum Gasteiger partial charge on any atom is -0.490 e. The Morgan fingerprint density at radius 1 is 1.08 bits per heavy atom. The number of hydrogen-bond acceptors (Lipinski definition) is 8. The number of hydrogen-bond donors (Lipinski definition) is 2. The van der Waals surface area contributed by atoms with Crippen molar-refractivity contribution in [1.29, 1.82) is 0 Å². The Morgan fingerprint density at radius 2 is 1.86 bits per heavy atom. The number of nitrogens with zero attached hydrogens (tertiary/aromatic N) is 4. The molecule has 2 aromatic heterocycles. The molecule has 3 aromatic rings. The summed E-state index contributed by atoms with van der Waals surface area (Å²) in [5.74, 6) is 0.582. The summed E-state index contributed by atoms with van der Waals surface area (Å²) in [5.41, 5.74) is 7.81. The van der Waals surface area contributed by atoms with Gasteiger partial charge in [-0.2, -0.15) is 0 Å². The summed E-state index contributed by atoms with van der Waals surface area (Å²) in [4.78, 5) is 38.5. The smallest absolute Gasteiger partial charge is 0.291 e. The quantitative estimate of drug-likeness (QED) is 0.350. The number of morpholine rings is 1. The Bertz CT molecular complexity index is 1230. The van der Waals surface area contributed by atoms with Crippen molar-refractivity contribution in [3.63, 3.8) is 0 Å². The number of halogens is 1. The van der Waals surface area contributed by atoms with Gasteiger partial charge in [0.2, 0.25) is 11.7 Å². The lowest BCUT2D eigenvalue weighted by Gasteiger charge is -2.25. The average molecular weight is 509 g/mol. The molecule has 10 nitrogen and oxygen atoms in total. The molecule has 1 saturated heterocycles. The fraction of sp³-hybridized carbons (Fsp3) is 0.240. The molecule has 3 N–H and O–H groups in total. The molecular formula is C25H25ClN6O4. The lowest BCUT2D eigenvalue weighted by atomic mass is 10.1. The van der Waals surface area contributed by atoms with Gasteiger partial charge in [-0.1, -0.05) is 17.7 Å². The van der Waals surface area contributed by atoms with Crippen LogP contribution in [0.15, 0.2) is 55.0 Å². The molecule has 1 aromatic carbocycles. The van der Waals surface area contributed by atoms with Crippen molar-refractivity contribution in [2.24, 2.45) is 0 Å². The second kappa shape index (κ2) is 12.1. The fourth-order valence-corrected chi connectivity index (χ4v) is 3.61. The monoisotopic (exact) mass is 508 g/mol. The Morgan fingerprint density at radius 3 is 2.56 bits per heavy atom. The highest BCUT2D eigenvalue weighted by Gasteiger charge is 2.20. The van der Waals surface area contributed by atoms with Gasteiger partial charge >= 0.3 is 0 Å². The first-order valence-corrected chi connectivity index (χ1v) is 11.7. The minimum absolute atomic E-state index is 0.147. The first-order chi connectivity index (χ1) is 17.5. The van der Waals surface area contributed by atoms with Crippen LogP contribution in [-0.4, -0.2) is 71.1 Å². The van der Waals surface area contributed by atoms with E-state index in [-0.39, 0.29) is 24.2 Å². The van der Waals surface area contributed by atoms with Crippen molar-refractivity contribution < 1.29 is 19.1 Å². The van der Waals surface area contributed by atoms with Crippen LogP contribution < -0.4 is 15.8 Å². The molecule has 2 amide bonds. The summed E-state index contributed by atoms with van der Waals surface area (Å²) in [7, 11) is 0. The molecule has 0 unspecified atom stereocenters. The standard InChI is InChI=1S/C25H25ClN6O4/c26-20-13-18(19-15-30-24(31-16-19)25(34)32-8-11-35-12-9-32)3-4-21(20)36-10-7-28-23(33)6-2-17-1-5-22(27)29-14-17/h1-6,13-16H,7-12H2,(H2,27,29)(H,28,33). The zero-order chi connectivity index (χ0) is 25.3. The van der Waals surface area contributed by atoms with Crippen molar-refractivity contribution in [2.45, 2.75) is 0 Å². The third-order valence-electron chi connectivity index (χ3n) is 5.30. The number of ether oxygens (including phenoxy) is 2. The number of aromatic nitrogens is 3. The first kappa shape index (κ1) is 25.1. The van der Waals surface area contributed by atoms with Gasteiger partial charge in [-0.25, -0.2) is 15.0 Å². The van der Waals surface area contributed by atoms with Gasteiger partial charge in [0.05, 0.1) is 24.8 Å². The number of carbonyl (C=O) groups excluding carboxylic acids is 2. The van der Waals surface area contributed by atoms with Crippen LogP contribution in [0.1, 0.15) is 16.2 Å². The van der Waals surface area contributed by atoms with E-state index in [9.17, 15) is 9.59 Å². The van der Waals surface area contributed by atoms with Crippen LogP contribution in [0.25, 0.3) is 17.2 Å². The first-order valence-electron chi connectivity index (χ1n) is 11.3. The molecular weight excluding hydrogens is 484 g/mol. The molecule has 3 heterocycles. The second-order valence-electron chi connectivity index (χ2n) is 7.83. The molecule has 0 aliphatic carbocycles. The van der Waals surface area contributed by atoms with E-state index in [1.165, 1.54) is 6.08 Å². The van der Waals surface area contributed by atoms with Gasteiger partial charge in [0.1, 0.15) is 18.2 Å². The van der Waals surface area contributed by atoms with E-state index in [4.69, 9.17) is 26.8 Å². The van der Waals surface area contributed by atoms with Gasteiger partial charge in [0.25, 0.3) is 5.91 Å². The van der Waals surface area contributed by atoms with Gasteiger partial charge in [-0.05, 0) is 41.5 Å². The van der Waals surface area contributed by atoms with Crippen molar-refractivity contribution in [3.05, 3.63) is 71.4 Å². The number of benzene rings is 1. The third kappa shape index (κ3) is 6.77. The van der Waals surface area contributed by atoms with Crippen molar-refractivity contribution in [2.75, 3.05) is 45.2 Å². The van der Waals surface area contributed by atoms with Crippen LogP contribution in [0.4, 0.5) is 5.82 Å². The molecule has 0 spiro atoms. The number of carbonyl (C=O) groups is 2. The van der Waals surface area contributed by atoms with Crippen LogP contribution in [0.5, 0.6) is 5.75 Å². The summed E-state index contributed by atoms with van der Waals surface area (Å²) in [6.07, 6.45) is 7.83. The average Bonchev–Trinajstić information content (AvgIpc) is 2.91. The Labute approximate surface area is 213 Å². The predicted octanol–water partition coefficient (Wildman–Crippen LogP) is 2.46. The summed E-state index contributed by atoms with van der Waals surface area (Å²) in [6.45, 7) is 2.63. The van der Waals surface area contributed by atoms with E-state index in [2.05, 4.69) is 20.3 Å². The van der Waals surface area contributed by atoms with Crippen LogP contribution in [0.2, 0.25) is 5.02 Å². The SMILES string of the molecule is Nc1ccc(C=CC(=O)NCCOc2ccc(-c3cnc(C(=O)N4CCOCC4)nc3)cc2Cl)cn1. The number of pyridine rings is 1.